The van der Waals surface area contributed by atoms with Gasteiger partial charge in [0.05, 0.1) is 19.8 Å². The van der Waals surface area contributed by atoms with Crippen molar-refractivity contribution in [3.05, 3.63) is 60.8 Å². The lowest BCUT2D eigenvalue weighted by Crippen LogP contribution is -2.61. The maximum absolute atomic E-state index is 13.0. The average Bonchev–Trinajstić information content (AvgIpc) is 3.36. The molecule has 410 valence electrons. The highest BCUT2D eigenvalue weighted by molar-refractivity contribution is 5.70. The van der Waals surface area contributed by atoms with Gasteiger partial charge in [0.15, 0.2) is 18.7 Å². The molecule has 0 radical (unpaired) electrons. The van der Waals surface area contributed by atoms with Gasteiger partial charge in [-0.3, -0.25) is 9.59 Å². The van der Waals surface area contributed by atoms with Crippen molar-refractivity contribution >= 4 is 11.9 Å². The minimum absolute atomic E-state index is 0.138. The second-order valence-electron chi connectivity index (χ2n) is 19.0. The van der Waals surface area contributed by atoms with E-state index in [1.807, 2.05) is 6.08 Å². The van der Waals surface area contributed by atoms with Crippen molar-refractivity contribution < 1.29 is 73.8 Å². The Morgan fingerprint density at radius 1 is 0.451 bits per heavy atom. The number of allylic oxidation sites excluding steroid dienone is 10. The van der Waals surface area contributed by atoms with Gasteiger partial charge in [-0.2, -0.15) is 0 Å². The maximum atomic E-state index is 13.0. The molecule has 15 nitrogen and oxygen atoms in total. The molecule has 2 saturated heterocycles. The molecule has 0 spiro atoms. The molecular weight excluding hydrogens is 913 g/mol. The molecule has 2 heterocycles. The maximum Gasteiger partial charge on any atom is 0.306 e. The Balaban J connectivity index is 1.81. The smallest absolute Gasteiger partial charge is 0.306 e. The molecule has 0 aromatic heterocycles. The number of ether oxygens (including phenoxy) is 6. The van der Waals surface area contributed by atoms with E-state index in [1.165, 1.54) is 77.0 Å². The lowest BCUT2D eigenvalue weighted by molar-refractivity contribution is -0.332. The summed E-state index contributed by atoms with van der Waals surface area (Å²) in [6, 6.07) is 0. The Morgan fingerprint density at radius 3 is 1.38 bits per heavy atom. The standard InChI is InChI=1S/C56H96O15/c1-3-5-7-9-11-13-15-17-19-20-21-22-23-24-25-27-28-30-32-34-36-38-47(58)66-41-44(69-48(59)39-37-35-33-31-29-26-18-16-14-12-10-8-6-4-2)42-67-55-54(65)52(63)50(61)46(71-55)43-68-56-53(64)51(62)49(60)45(40-57)70-56/h16,18-20,22-23,25,27,30,32,44-46,49-57,60-65H,3-15,17,21,24,26,28-29,31,33-43H2,1-2H3/b18-16+,20-19+,23-22+,27-25+,32-30+/t44-,45+,46+,49-,50-,51?,52?,53?,54?,55+,56+/m0/s1. The molecule has 0 aromatic carbocycles. The van der Waals surface area contributed by atoms with Crippen molar-refractivity contribution in [1.29, 1.82) is 0 Å². The zero-order chi connectivity index (χ0) is 51.7. The number of aliphatic hydroxyl groups excluding tert-OH is 7. The number of carbonyl (C=O) groups excluding carboxylic acids is 2. The highest BCUT2D eigenvalue weighted by Gasteiger charge is 2.47. The summed E-state index contributed by atoms with van der Waals surface area (Å²) < 4.78 is 33.5. The molecule has 71 heavy (non-hydrogen) atoms. The van der Waals surface area contributed by atoms with E-state index < -0.39 is 99.3 Å². The number of aliphatic hydroxyl groups is 7. The molecule has 2 rings (SSSR count). The van der Waals surface area contributed by atoms with Crippen LogP contribution in [-0.4, -0.2) is 142 Å². The Labute approximate surface area is 426 Å². The van der Waals surface area contributed by atoms with Gasteiger partial charge in [0.25, 0.3) is 0 Å². The van der Waals surface area contributed by atoms with Crippen molar-refractivity contribution in [3.8, 4) is 0 Å². The van der Waals surface area contributed by atoms with Gasteiger partial charge in [-0.1, -0.05) is 158 Å². The summed E-state index contributed by atoms with van der Waals surface area (Å²) in [6.07, 6.45) is 32.5. The normalized spacial score (nSPS) is 25.6. The zero-order valence-electron chi connectivity index (χ0n) is 43.4. The van der Waals surface area contributed by atoms with Crippen LogP contribution >= 0.6 is 0 Å². The van der Waals surface area contributed by atoms with Crippen LogP contribution in [0.2, 0.25) is 0 Å². The minimum Gasteiger partial charge on any atom is -0.462 e. The Morgan fingerprint density at radius 2 is 0.859 bits per heavy atom. The van der Waals surface area contributed by atoms with E-state index >= 15 is 0 Å². The van der Waals surface area contributed by atoms with E-state index in [-0.39, 0.29) is 19.4 Å². The predicted octanol–water partition coefficient (Wildman–Crippen LogP) is 8.44. The van der Waals surface area contributed by atoms with E-state index in [2.05, 4.69) is 68.5 Å². The van der Waals surface area contributed by atoms with E-state index in [4.69, 9.17) is 28.4 Å². The lowest BCUT2D eigenvalue weighted by Gasteiger charge is -2.42. The van der Waals surface area contributed by atoms with Crippen LogP contribution in [0.5, 0.6) is 0 Å². The molecule has 2 aliphatic heterocycles. The van der Waals surface area contributed by atoms with Gasteiger partial charge >= 0.3 is 11.9 Å². The summed E-state index contributed by atoms with van der Waals surface area (Å²) in [4.78, 5) is 25.8. The first kappa shape index (κ1) is 64.3. The van der Waals surface area contributed by atoms with Crippen LogP contribution < -0.4 is 0 Å². The molecule has 2 fully saturated rings. The first-order valence-electron chi connectivity index (χ1n) is 27.4. The monoisotopic (exact) mass is 1010 g/mol. The molecule has 0 saturated carbocycles. The van der Waals surface area contributed by atoms with Gasteiger partial charge in [0, 0.05) is 12.8 Å². The third-order valence-corrected chi connectivity index (χ3v) is 12.7. The average molecular weight is 1010 g/mol. The predicted molar refractivity (Wildman–Crippen MR) is 275 cm³/mol. The molecule has 0 aliphatic carbocycles. The second kappa shape index (κ2) is 42.5. The van der Waals surface area contributed by atoms with Gasteiger partial charge in [0.1, 0.15) is 55.4 Å². The fraction of sp³-hybridized carbons (Fsp3) is 0.786. The van der Waals surface area contributed by atoms with E-state index in [9.17, 15) is 45.3 Å². The fourth-order valence-corrected chi connectivity index (χ4v) is 8.20. The Kier molecular flexibility index (Phi) is 38.5. The summed E-state index contributed by atoms with van der Waals surface area (Å²) in [5.41, 5.74) is 0. The molecule has 11 atom stereocenters. The van der Waals surface area contributed by atoms with Crippen molar-refractivity contribution in [1.82, 2.24) is 0 Å². The largest absolute Gasteiger partial charge is 0.462 e. The molecule has 2 aliphatic rings. The van der Waals surface area contributed by atoms with Gasteiger partial charge < -0.3 is 64.2 Å². The van der Waals surface area contributed by atoms with Crippen molar-refractivity contribution in [3.63, 3.8) is 0 Å². The molecule has 15 heteroatoms. The van der Waals surface area contributed by atoms with Crippen LogP contribution in [-0.2, 0) is 38.0 Å². The number of hydrogen-bond acceptors (Lipinski definition) is 15. The fourth-order valence-electron chi connectivity index (χ4n) is 8.20. The highest BCUT2D eigenvalue weighted by Crippen LogP contribution is 2.26. The van der Waals surface area contributed by atoms with Crippen LogP contribution in [0.4, 0.5) is 0 Å². The van der Waals surface area contributed by atoms with Crippen LogP contribution in [0.25, 0.3) is 0 Å². The molecule has 0 bridgehead atoms. The summed E-state index contributed by atoms with van der Waals surface area (Å²) in [5, 5.41) is 72.1. The van der Waals surface area contributed by atoms with Crippen LogP contribution in [0, 0.1) is 0 Å². The first-order chi connectivity index (χ1) is 34.5. The van der Waals surface area contributed by atoms with Gasteiger partial charge in [-0.25, -0.2) is 0 Å². The summed E-state index contributed by atoms with van der Waals surface area (Å²) in [6.45, 7) is 2.51. The molecule has 7 N–H and O–H groups in total. The van der Waals surface area contributed by atoms with Crippen LogP contribution in [0.1, 0.15) is 187 Å². The topological polar surface area (TPSA) is 231 Å². The number of rotatable bonds is 42. The third-order valence-electron chi connectivity index (χ3n) is 12.7. The Bertz CT molecular complexity index is 1470. The van der Waals surface area contributed by atoms with E-state index in [1.54, 1.807) is 0 Å². The van der Waals surface area contributed by atoms with E-state index in [0.29, 0.717) is 19.3 Å². The summed E-state index contributed by atoms with van der Waals surface area (Å²) in [7, 11) is 0. The number of carbonyl (C=O) groups is 2. The van der Waals surface area contributed by atoms with Crippen molar-refractivity contribution in [2.24, 2.45) is 0 Å². The van der Waals surface area contributed by atoms with Gasteiger partial charge in [-0.15, -0.1) is 0 Å². The summed E-state index contributed by atoms with van der Waals surface area (Å²) in [5.74, 6) is -1.00. The lowest BCUT2D eigenvalue weighted by atomic mass is 9.98. The molecule has 0 amide bonds. The van der Waals surface area contributed by atoms with Crippen LogP contribution in [0.15, 0.2) is 60.8 Å². The first-order valence-corrected chi connectivity index (χ1v) is 27.4. The number of esters is 2. The quantitative estimate of drug-likeness (QED) is 0.0173. The second-order valence-corrected chi connectivity index (χ2v) is 19.0. The highest BCUT2D eigenvalue weighted by atomic mass is 16.7. The number of unbranched alkanes of at least 4 members (excludes halogenated alkanes) is 18. The Hall–Kier alpha value is -2.80. The number of hydrogen-bond donors (Lipinski definition) is 7. The van der Waals surface area contributed by atoms with Crippen LogP contribution in [0.3, 0.4) is 0 Å². The molecule has 4 unspecified atom stereocenters. The SMILES string of the molecule is CCCCCCC/C=C/CCCCCCCC(=O)O[C@@H](COC(=O)CCC/C=C/C/C=C/C/C=C/C/C=C/CCCCCCCCC)CO[C@@H]1O[C@H](CO[C@@H]2O[C@H](CO)[C@H](O)C(O)C2O)[C@H](O)C(O)C1O. The van der Waals surface area contributed by atoms with E-state index in [0.717, 1.165) is 64.2 Å². The summed E-state index contributed by atoms with van der Waals surface area (Å²) >= 11 is 0. The third kappa shape index (κ3) is 30.2. The minimum atomic E-state index is -1.78. The molecule has 0 aromatic rings. The molecular formula is C56H96O15. The van der Waals surface area contributed by atoms with Crippen molar-refractivity contribution in [2.45, 2.75) is 255 Å². The van der Waals surface area contributed by atoms with Crippen molar-refractivity contribution in [2.75, 3.05) is 26.4 Å². The van der Waals surface area contributed by atoms with Gasteiger partial charge in [-0.05, 0) is 77.0 Å². The zero-order valence-corrected chi connectivity index (χ0v) is 43.4. The van der Waals surface area contributed by atoms with Gasteiger partial charge in [0.2, 0.25) is 0 Å².